The molecule has 0 saturated carbocycles. The van der Waals surface area contributed by atoms with E-state index in [9.17, 15) is 5.11 Å². The summed E-state index contributed by atoms with van der Waals surface area (Å²) in [5.41, 5.74) is 8.87. The van der Waals surface area contributed by atoms with Gasteiger partial charge in [0, 0.05) is 28.1 Å². The molecule has 3 N–H and O–H groups in total. The molecule has 1 atom stereocenters. The Labute approximate surface area is 108 Å². The first-order valence-corrected chi connectivity index (χ1v) is 6.02. The minimum atomic E-state index is -0.739. The van der Waals surface area contributed by atoms with Gasteiger partial charge >= 0.3 is 0 Å². The molecule has 3 nitrogen and oxygen atoms in total. The van der Waals surface area contributed by atoms with Crippen molar-refractivity contribution in [3.05, 3.63) is 57.8 Å². The summed E-state index contributed by atoms with van der Waals surface area (Å²) in [6.45, 7) is 1.95. The lowest BCUT2D eigenvalue weighted by atomic mass is 9.98. The van der Waals surface area contributed by atoms with E-state index in [4.69, 9.17) is 5.73 Å². The highest BCUT2D eigenvalue weighted by Gasteiger charge is 2.15. The molecule has 1 aromatic heterocycles. The van der Waals surface area contributed by atoms with Gasteiger partial charge in [-0.25, -0.2) is 0 Å². The van der Waals surface area contributed by atoms with Crippen LogP contribution < -0.4 is 5.73 Å². The van der Waals surface area contributed by atoms with Gasteiger partial charge < -0.3 is 10.8 Å². The Morgan fingerprint density at radius 2 is 2.06 bits per heavy atom. The van der Waals surface area contributed by atoms with Gasteiger partial charge in [0.25, 0.3) is 0 Å². The molecular formula is C13H13BrN2O. The normalized spacial score (nSPS) is 12.4. The molecule has 0 fully saturated rings. The Morgan fingerprint density at radius 1 is 1.29 bits per heavy atom. The fraction of sp³-hybridized carbons (Fsp3) is 0.154. The average molecular weight is 293 g/mol. The van der Waals surface area contributed by atoms with Crippen LogP contribution in [0.5, 0.6) is 0 Å². The van der Waals surface area contributed by atoms with Crippen molar-refractivity contribution in [3.63, 3.8) is 0 Å². The first kappa shape index (κ1) is 12.1. The number of nitrogens with zero attached hydrogens (tertiary/aromatic N) is 1. The van der Waals surface area contributed by atoms with E-state index in [2.05, 4.69) is 20.9 Å². The number of aryl methyl sites for hydroxylation is 1. The van der Waals surface area contributed by atoms with Gasteiger partial charge in [-0.1, -0.05) is 22.0 Å². The summed E-state index contributed by atoms with van der Waals surface area (Å²) in [6, 6.07) is 7.44. The smallest absolute Gasteiger partial charge is 0.108 e. The van der Waals surface area contributed by atoms with E-state index in [1.54, 1.807) is 18.5 Å². The number of anilines is 1. The van der Waals surface area contributed by atoms with E-state index < -0.39 is 6.10 Å². The van der Waals surface area contributed by atoms with E-state index in [0.29, 0.717) is 11.3 Å². The van der Waals surface area contributed by atoms with Crippen molar-refractivity contribution in [2.24, 2.45) is 0 Å². The topological polar surface area (TPSA) is 59.1 Å². The first-order chi connectivity index (χ1) is 8.09. The van der Waals surface area contributed by atoms with Crippen molar-refractivity contribution in [1.29, 1.82) is 0 Å². The van der Waals surface area contributed by atoms with Crippen LogP contribution in [0.15, 0.2) is 41.1 Å². The van der Waals surface area contributed by atoms with Crippen molar-refractivity contribution in [3.8, 4) is 0 Å². The van der Waals surface area contributed by atoms with Gasteiger partial charge in [-0.05, 0) is 36.2 Å². The number of hydrogen-bond donors (Lipinski definition) is 2. The van der Waals surface area contributed by atoms with Gasteiger partial charge in [-0.3, -0.25) is 4.98 Å². The molecule has 0 aliphatic heterocycles. The van der Waals surface area contributed by atoms with Crippen LogP contribution in [0.25, 0.3) is 0 Å². The predicted octanol–water partition coefficient (Wildman–Crippen LogP) is 2.82. The Balaban J connectivity index is 2.44. The maximum atomic E-state index is 10.3. The number of aromatic nitrogens is 1. The molecular weight excluding hydrogens is 280 g/mol. The molecule has 0 spiro atoms. The van der Waals surface area contributed by atoms with Crippen LogP contribution in [0.3, 0.4) is 0 Å². The van der Waals surface area contributed by atoms with Gasteiger partial charge in [0.15, 0.2) is 0 Å². The summed E-state index contributed by atoms with van der Waals surface area (Å²) < 4.78 is 0.991. The second-order valence-electron chi connectivity index (χ2n) is 3.91. The van der Waals surface area contributed by atoms with Gasteiger partial charge in [0.1, 0.15) is 6.10 Å². The zero-order valence-electron chi connectivity index (χ0n) is 9.39. The molecule has 88 valence electrons. The highest BCUT2D eigenvalue weighted by molar-refractivity contribution is 9.10. The average Bonchev–Trinajstić information content (AvgIpc) is 2.29. The second-order valence-corrected chi connectivity index (χ2v) is 4.82. The number of rotatable bonds is 2. The Kier molecular flexibility index (Phi) is 3.45. The van der Waals surface area contributed by atoms with E-state index >= 15 is 0 Å². The zero-order chi connectivity index (χ0) is 12.4. The maximum absolute atomic E-state index is 10.3. The number of nitrogen functional groups attached to an aromatic ring is 1. The maximum Gasteiger partial charge on any atom is 0.108 e. The number of aliphatic hydroxyl groups excluding tert-OH is 1. The van der Waals surface area contributed by atoms with Crippen molar-refractivity contribution >= 4 is 21.6 Å². The van der Waals surface area contributed by atoms with Crippen molar-refractivity contribution < 1.29 is 5.11 Å². The lowest BCUT2D eigenvalue weighted by Crippen LogP contribution is -2.05. The van der Waals surface area contributed by atoms with Gasteiger partial charge in [0.2, 0.25) is 0 Å². The number of hydrogen-bond acceptors (Lipinski definition) is 3. The largest absolute Gasteiger partial charge is 0.398 e. The summed E-state index contributed by atoms with van der Waals surface area (Å²) in [5, 5.41) is 10.3. The molecule has 2 aromatic rings. The molecule has 0 aliphatic rings. The summed E-state index contributed by atoms with van der Waals surface area (Å²) >= 11 is 3.40. The lowest BCUT2D eigenvalue weighted by molar-refractivity contribution is 0.220. The molecule has 1 heterocycles. The summed E-state index contributed by atoms with van der Waals surface area (Å²) in [7, 11) is 0. The van der Waals surface area contributed by atoms with Crippen LogP contribution in [-0.4, -0.2) is 10.1 Å². The van der Waals surface area contributed by atoms with Crippen molar-refractivity contribution in [2.75, 3.05) is 5.73 Å². The van der Waals surface area contributed by atoms with E-state index in [1.807, 2.05) is 25.1 Å². The molecule has 17 heavy (non-hydrogen) atoms. The number of pyridine rings is 1. The van der Waals surface area contributed by atoms with Crippen LogP contribution >= 0.6 is 15.9 Å². The number of nitrogens with two attached hydrogens (primary N) is 1. The molecule has 4 heteroatoms. The second kappa shape index (κ2) is 4.85. The SMILES string of the molecule is Cc1cc(Br)ccc1C(O)c1cnccc1N. The number of aliphatic hydroxyl groups is 1. The third kappa shape index (κ3) is 2.48. The molecule has 2 rings (SSSR count). The molecule has 0 aliphatic carbocycles. The Hall–Kier alpha value is -1.39. The molecule has 1 unspecified atom stereocenters. The van der Waals surface area contributed by atoms with Crippen LogP contribution in [0.1, 0.15) is 22.8 Å². The monoisotopic (exact) mass is 292 g/mol. The summed E-state index contributed by atoms with van der Waals surface area (Å²) in [6.07, 6.45) is 2.47. The summed E-state index contributed by atoms with van der Waals surface area (Å²) in [4.78, 5) is 3.99. The highest BCUT2D eigenvalue weighted by atomic mass is 79.9. The minimum Gasteiger partial charge on any atom is -0.398 e. The minimum absolute atomic E-state index is 0.551. The molecule has 1 aromatic carbocycles. The fourth-order valence-corrected chi connectivity index (χ4v) is 2.23. The van der Waals surface area contributed by atoms with Crippen LogP contribution in [0, 0.1) is 6.92 Å². The van der Waals surface area contributed by atoms with Gasteiger partial charge in [-0.15, -0.1) is 0 Å². The van der Waals surface area contributed by atoms with E-state index in [0.717, 1.165) is 15.6 Å². The highest BCUT2D eigenvalue weighted by Crippen LogP contribution is 2.29. The Bertz CT molecular complexity index is 543. The van der Waals surface area contributed by atoms with Crippen molar-refractivity contribution in [2.45, 2.75) is 13.0 Å². The van der Waals surface area contributed by atoms with Crippen LogP contribution in [0.4, 0.5) is 5.69 Å². The van der Waals surface area contributed by atoms with Crippen LogP contribution in [-0.2, 0) is 0 Å². The van der Waals surface area contributed by atoms with Crippen LogP contribution in [0.2, 0.25) is 0 Å². The quantitative estimate of drug-likeness (QED) is 0.895. The molecule has 0 bridgehead atoms. The standard InChI is InChI=1S/C13H13BrN2O/c1-8-6-9(14)2-3-10(8)13(17)11-7-16-5-4-12(11)15/h2-7,13,17H,1H3,(H2,15,16). The molecule has 0 radical (unpaired) electrons. The Morgan fingerprint density at radius 3 is 2.71 bits per heavy atom. The van der Waals surface area contributed by atoms with Gasteiger partial charge in [0.05, 0.1) is 0 Å². The van der Waals surface area contributed by atoms with E-state index in [1.165, 1.54) is 0 Å². The van der Waals surface area contributed by atoms with Crippen molar-refractivity contribution in [1.82, 2.24) is 4.98 Å². The third-order valence-electron chi connectivity index (χ3n) is 2.71. The molecule has 0 amide bonds. The predicted molar refractivity (Wildman–Crippen MR) is 71.6 cm³/mol. The first-order valence-electron chi connectivity index (χ1n) is 5.23. The number of halogens is 1. The summed E-state index contributed by atoms with van der Waals surface area (Å²) in [5.74, 6) is 0. The van der Waals surface area contributed by atoms with Gasteiger partial charge in [-0.2, -0.15) is 0 Å². The molecule has 0 saturated heterocycles. The number of benzene rings is 1. The third-order valence-corrected chi connectivity index (χ3v) is 3.20. The van der Waals surface area contributed by atoms with E-state index in [-0.39, 0.29) is 0 Å². The lowest BCUT2D eigenvalue weighted by Gasteiger charge is -2.15. The fourth-order valence-electron chi connectivity index (χ4n) is 1.76. The zero-order valence-corrected chi connectivity index (χ0v) is 11.0.